The first kappa shape index (κ1) is 20.8. The minimum atomic E-state index is -4.42. The smallest absolute Gasteiger partial charge is 0.357 e. The molecule has 2 aliphatic heterocycles. The zero-order valence-corrected chi connectivity index (χ0v) is 16.1. The molecule has 0 saturated carbocycles. The number of sulfonamides is 1. The molecule has 28 heavy (non-hydrogen) atoms. The molecule has 1 aromatic rings. The van der Waals surface area contributed by atoms with Crippen LogP contribution < -0.4 is 10.2 Å². The Labute approximate surface area is 162 Å². The highest BCUT2D eigenvalue weighted by Gasteiger charge is 2.31. The second-order valence-corrected chi connectivity index (χ2v) is 9.00. The van der Waals surface area contributed by atoms with Gasteiger partial charge in [0.15, 0.2) is 0 Å². The minimum Gasteiger partial charge on any atom is -0.357 e. The molecule has 2 saturated heterocycles. The summed E-state index contributed by atoms with van der Waals surface area (Å²) < 4.78 is 63.1. The monoisotopic (exact) mass is 420 g/mol. The first-order valence-corrected chi connectivity index (χ1v) is 10.7. The molecule has 7 nitrogen and oxygen atoms in total. The Morgan fingerprint density at radius 2 is 1.79 bits per heavy atom. The van der Waals surface area contributed by atoms with E-state index in [4.69, 9.17) is 0 Å². The third kappa shape index (κ3) is 4.93. The lowest BCUT2D eigenvalue weighted by Gasteiger charge is -2.32. The summed E-state index contributed by atoms with van der Waals surface area (Å²) in [6.45, 7) is 0.660. The lowest BCUT2D eigenvalue weighted by molar-refractivity contribution is -0.141. The van der Waals surface area contributed by atoms with Gasteiger partial charge in [0.05, 0.1) is 0 Å². The van der Waals surface area contributed by atoms with Crippen molar-refractivity contribution in [2.45, 2.75) is 36.8 Å². The molecule has 3 heterocycles. The highest BCUT2D eigenvalue weighted by molar-refractivity contribution is 7.89. The average Bonchev–Trinajstić information content (AvgIpc) is 3.21. The Balaban J connectivity index is 1.55. The first-order valence-electron chi connectivity index (χ1n) is 9.22. The molecule has 11 heteroatoms. The van der Waals surface area contributed by atoms with E-state index >= 15 is 0 Å². The Kier molecular flexibility index (Phi) is 6.13. The van der Waals surface area contributed by atoms with Crippen molar-refractivity contribution in [2.24, 2.45) is 5.92 Å². The van der Waals surface area contributed by atoms with E-state index in [1.54, 1.807) is 6.07 Å². The van der Waals surface area contributed by atoms with Crippen molar-refractivity contribution in [1.82, 2.24) is 14.6 Å². The Morgan fingerprint density at radius 1 is 1.14 bits per heavy atom. The van der Waals surface area contributed by atoms with Crippen molar-refractivity contribution >= 4 is 21.7 Å². The van der Waals surface area contributed by atoms with Crippen LogP contribution in [0.25, 0.3) is 0 Å². The van der Waals surface area contributed by atoms with Crippen LogP contribution in [-0.4, -0.2) is 62.5 Å². The molecule has 3 rings (SSSR count). The molecular weight excluding hydrogens is 397 g/mol. The van der Waals surface area contributed by atoms with E-state index in [0.29, 0.717) is 44.8 Å². The summed E-state index contributed by atoms with van der Waals surface area (Å²) in [6, 6.07) is 3.16. The number of anilines is 1. The number of carbonyl (C=O) groups is 1. The summed E-state index contributed by atoms with van der Waals surface area (Å²) in [7, 11) is -3.52. The van der Waals surface area contributed by atoms with Crippen LogP contribution in [0, 0.1) is 5.92 Å². The van der Waals surface area contributed by atoms with Crippen LogP contribution in [0.15, 0.2) is 23.2 Å². The Morgan fingerprint density at radius 3 is 2.32 bits per heavy atom. The lowest BCUT2D eigenvalue weighted by atomic mass is 9.96. The van der Waals surface area contributed by atoms with Crippen LogP contribution in [0.5, 0.6) is 0 Å². The quantitative estimate of drug-likeness (QED) is 0.785. The van der Waals surface area contributed by atoms with Crippen LogP contribution >= 0.6 is 0 Å². The van der Waals surface area contributed by atoms with Crippen molar-refractivity contribution in [3.05, 3.63) is 18.3 Å². The standard InChI is InChI=1S/C17H23F3N4O3S/c18-17(19,20)12-22-16(25)13-5-9-23(10-6-13)15-4-3-14(11-21-15)28(26,27)24-7-1-2-8-24/h3-4,11,13H,1-2,5-10,12H2,(H,22,25). The van der Waals surface area contributed by atoms with Gasteiger partial charge in [-0.25, -0.2) is 13.4 Å². The maximum Gasteiger partial charge on any atom is 0.405 e. The van der Waals surface area contributed by atoms with E-state index in [0.717, 1.165) is 12.8 Å². The number of hydrogen-bond acceptors (Lipinski definition) is 5. The molecule has 0 spiro atoms. The summed E-state index contributed by atoms with van der Waals surface area (Å²) in [5, 5.41) is 1.93. The molecule has 1 N–H and O–H groups in total. The molecule has 0 aromatic carbocycles. The van der Waals surface area contributed by atoms with Gasteiger partial charge in [0.1, 0.15) is 17.3 Å². The number of alkyl halides is 3. The minimum absolute atomic E-state index is 0.152. The topological polar surface area (TPSA) is 82.6 Å². The van der Waals surface area contributed by atoms with Crippen molar-refractivity contribution < 1.29 is 26.4 Å². The number of rotatable bonds is 5. The van der Waals surface area contributed by atoms with Gasteiger partial charge >= 0.3 is 6.18 Å². The highest BCUT2D eigenvalue weighted by atomic mass is 32.2. The van der Waals surface area contributed by atoms with Crippen molar-refractivity contribution in [1.29, 1.82) is 0 Å². The largest absolute Gasteiger partial charge is 0.405 e. The number of nitrogens with one attached hydrogen (secondary N) is 1. The summed E-state index contributed by atoms with van der Waals surface area (Å²) in [5.41, 5.74) is 0. The van der Waals surface area contributed by atoms with Crippen LogP contribution in [0.3, 0.4) is 0 Å². The molecule has 1 aromatic heterocycles. The van der Waals surface area contributed by atoms with Crippen LogP contribution in [0.2, 0.25) is 0 Å². The van der Waals surface area contributed by atoms with Gasteiger partial charge in [-0.3, -0.25) is 4.79 Å². The third-order valence-electron chi connectivity index (χ3n) is 5.08. The summed E-state index contributed by atoms with van der Waals surface area (Å²) in [5.74, 6) is -0.458. The summed E-state index contributed by atoms with van der Waals surface area (Å²) in [4.78, 5) is 18.2. The summed E-state index contributed by atoms with van der Waals surface area (Å²) in [6.07, 6.45) is -0.534. The predicted molar refractivity (Wildman–Crippen MR) is 96.2 cm³/mol. The van der Waals surface area contributed by atoms with E-state index in [9.17, 15) is 26.4 Å². The number of piperidine rings is 1. The predicted octanol–water partition coefficient (Wildman–Crippen LogP) is 1.76. The van der Waals surface area contributed by atoms with Gasteiger partial charge < -0.3 is 10.2 Å². The normalized spacial score (nSPS) is 19.8. The van der Waals surface area contributed by atoms with Gasteiger partial charge in [-0.15, -0.1) is 0 Å². The molecule has 0 radical (unpaired) electrons. The van der Waals surface area contributed by atoms with E-state index in [-0.39, 0.29) is 4.90 Å². The van der Waals surface area contributed by atoms with Crippen molar-refractivity contribution in [3.63, 3.8) is 0 Å². The zero-order valence-electron chi connectivity index (χ0n) is 15.3. The summed E-state index contributed by atoms with van der Waals surface area (Å²) >= 11 is 0. The fraction of sp³-hybridized carbons (Fsp3) is 0.647. The molecule has 1 amide bonds. The molecule has 2 aliphatic rings. The van der Waals surface area contributed by atoms with Gasteiger partial charge in [-0.2, -0.15) is 17.5 Å². The van der Waals surface area contributed by atoms with Gasteiger partial charge in [0.25, 0.3) is 0 Å². The highest BCUT2D eigenvalue weighted by Crippen LogP contribution is 2.25. The number of nitrogens with zero attached hydrogens (tertiary/aromatic N) is 3. The van der Waals surface area contributed by atoms with E-state index in [1.165, 1.54) is 16.6 Å². The SMILES string of the molecule is O=C(NCC(F)(F)F)C1CCN(c2ccc(S(=O)(=O)N3CCCC3)cn2)CC1. The third-order valence-corrected chi connectivity index (χ3v) is 6.96. The maximum absolute atomic E-state index is 12.5. The molecule has 2 fully saturated rings. The molecule has 0 aliphatic carbocycles. The van der Waals surface area contributed by atoms with Crippen molar-refractivity contribution in [2.75, 3.05) is 37.6 Å². The number of pyridine rings is 1. The fourth-order valence-corrected chi connectivity index (χ4v) is 4.96. The molecule has 0 bridgehead atoms. The number of carbonyl (C=O) groups excluding carboxylic acids is 1. The second kappa shape index (κ2) is 8.24. The molecule has 0 unspecified atom stereocenters. The van der Waals surface area contributed by atoms with Gasteiger partial charge in [-0.05, 0) is 37.8 Å². The van der Waals surface area contributed by atoms with E-state index in [2.05, 4.69) is 4.98 Å². The lowest BCUT2D eigenvalue weighted by Crippen LogP contribution is -2.43. The average molecular weight is 420 g/mol. The van der Waals surface area contributed by atoms with Crippen LogP contribution in [0.1, 0.15) is 25.7 Å². The van der Waals surface area contributed by atoms with Gasteiger partial charge in [-0.1, -0.05) is 0 Å². The van der Waals surface area contributed by atoms with E-state index in [1.807, 2.05) is 10.2 Å². The molecular formula is C17H23F3N4O3S. The van der Waals surface area contributed by atoms with Gasteiger partial charge in [0, 0.05) is 38.3 Å². The van der Waals surface area contributed by atoms with Crippen LogP contribution in [0.4, 0.5) is 19.0 Å². The first-order chi connectivity index (χ1) is 13.2. The maximum atomic E-state index is 12.5. The number of halogens is 3. The number of hydrogen-bond donors (Lipinski definition) is 1. The number of aromatic nitrogens is 1. The van der Waals surface area contributed by atoms with E-state index < -0.39 is 34.6 Å². The van der Waals surface area contributed by atoms with Crippen LogP contribution in [-0.2, 0) is 14.8 Å². The molecule has 0 atom stereocenters. The second-order valence-electron chi connectivity index (χ2n) is 7.06. The Bertz CT molecular complexity index is 785. The Hall–Kier alpha value is -1.88. The zero-order chi connectivity index (χ0) is 20.4. The van der Waals surface area contributed by atoms with Gasteiger partial charge in [0.2, 0.25) is 15.9 Å². The fourth-order valence-electron chi connectivity index (χ4n) is 3.49. The molecule has 156 valence electrons. The van der Waals surface area contributed by atoms with Crippen molar-refractivity contribution in [3.8, 4) is 0 Å². The number of amides is 1.